The highest BCUT2D eigenvalue weighted by Crippen LogP contribution is 2.43. The van der Waals surface area contributed by atoms with E-state index in [2.05, 4.69) is 135 Å². The molecule has 80 heavy (non-hydrogen) atoms. The zero-order valence-electron chi connectivity index (χ0n) is 52.0. The molecule has 0 aromatic rings. The van der Waals surface area contributed by atoms with E-state index in [0.717, 1.165) is 116 Å². The van der Waals surface area contributed by atoms with Crippen molar-refractivity contribution in [3.8, 4) is 0 Å². The summed E-state index contributed by atoms with van der Waals surface area (Å²) in [6, 6.07) is 0. The van der Waals surface area contributed by atoms with E-state index < -0.39 is 26.5 Å². The highest BCUT2D eigenvalue weighted by molar-refractivity contribution is 7.47. The van der Waals surface area contributed by atoms with Gasteiger partial charge in [-0.2, -0.15) is 0 Å². The van der Waals surface area contributed by atoms with Gasteiger partial charge < -0.3 is 18.9 Å². The summed E-state index contributed by atoms with van der Waals surface area (Å²) in [6.07, 6.45) is 85.6. The summed E-state index contributed by atoms with van der Waals surface area (Å²) in [7, 11) is 1.45. The van der Waals surface area contributed by atoms with Gasteiger partial charge >= 0.3 is 19.8 Å². The molecule has 0 amide bonds. The number of ether oxygens (including phenoxy) is 2. The summed E-state index contributed by atoms with van der Waals surface area (Å²) < 4.78 is 34.6. The molecule has 2 atom stereocenters. The van der Waals surface area contributed by atoms with Crippen LogP contribution < -0.4 is 0 Å². The number of unbranched alkanes of at least 4 members (excludes halogenated alkanes) is 24. The molecule has 1 N–H and O–H groups in total. The second-order valence-corrected chi connectivity index (χ2v) is 23.9. The molecular formula is C70H121NO8P+. The van der Waals surface area contributed by atoms with Crippen molar-refractivity contribution < 1.29 is 42.1 Å². The number of carbonyl (C=O) groups is 2. The number of rotatable bonds is 58. The minimum Gasteiger partial charge on any atom is -0.462 e. The van der Waals surface area contributed by atoms with Crippen molar-refractivity contribution in [3.63, 3.8) is 0 Å². The number of phosphoric ester groups is 1. The third-order valence-electron chi connectivity index (χ3n) is 13.5. The Kier molecular flexibility index (Phi) is 57.3. The molecule has 0 spiro atoms. The molecular weight excluding hydrogens is 1010 g/mol. The van der Waals surface area contributed by atoms with Crippen LogP contribution in [-0.4, -0.2) is 74.9 Å². The van der Waals surface area contributed by atoms with Crippen molar-refractivity contribution in [1.29, 1.82) is 0 Å². The zero-order chi connectivity index (χ0) is 58.4. The van der Waals surface area contributed by atoms with Crippen molar-refractivity contribution in [1.82, 2.24) is 0 Å². The van der Waals surface area contributed by atoms with E-state index in [9.17, 15) is 19.0 Å². The number of nitrogens with zero attached hydrogens (tertiary/aromatic N) is 1. The Hall–Kier alpha value is -3.59. The Bertz CT molecular complexity index is 1760. The summed E-state index contributed by atoms with van der Waals surface area (Å²) in [4.78, 5) is 35.8. The third-order valence-corrected chi connectivity index (χ3v) is 14.5. The molecule has 0 aliphatic heterocycles. The monoisotopic (exact) mass is 1130 g/mol. The van der Waals surface area contributed by atoms with Crippen LogP contribution in [0.2, 0.25) is 0 Å². The number of hydrogen-bond donors (Lipinski definition) is 1. The van der Waals surface area contributed by atoms with Crippen molar-refractivity contribution in [2.75, 3.05) is 47.5 Å². The number of hydrogen-bond acceptors (Lipinski definition) is 7. The fourth-order valence-corrected chi connectivity index (χ4v) is 9.27. The molecule has 0 aromatic carbocycles. The first-order valence-corrected chi connectivity index (χ1v) is 33.8. The van der Waals surface area contributed by atoms with Crippen molar-refractivity contribution in [3.05, 3.63) is 122 Å². The molecule has 0 aliphatic rings. The molecule has 0 heterocycles. The highest BCUT2D eigenvalue weighted by Gasteiger charge is 2.27. The first-order chi connectivity index (χ1) is 39.0. The smallest absolute Gasteiger partial charge is 0.462 e. The van der Waals surface area contributed by atoms with Crippen LogP contribution in [0, 0.1) is 0 Å². The molecule has 10 heteroatoms. The fraction of sp³-hybridized carbons (Fsp3) is 0.686. The summed E-state index contributed by atoms with van der Waals surface area (Å²) in [5.41, 5.74) is 0. The minimum absolute atomic E-state index is 0.0225. The Morgan fingerprint density at radius 1 is 0.400 bits per heavy atom. The fourth-order valence-electron chi connectivity index (χ4n) is 8.53. The van der Waals surface area contributed by atoms with Gasteiger partial charge in [-0.3, -0.25) is 18.6 Å². The van der Waals surface area contributed by atoms with E-state index in [0.29, 0.717) is 17.4 Å². The molecule has 458 valence electrons. The van der Waals surface area contributed by atoms with Gasteiger partial charge in [-0.25, -0.2) is 4.57 Å². The maximum absolute atomic E-state index is 12.9. The van der Waals surface area contributed by atoms with Gasteiger partial charge in [-0.15, -0.1) is 0 Å². The lowest BCUT2D eigenvalue weighted by Gasteiger charge is -2.24. The summed E-state index contributed by atoms with van der Waals surface area (Å²) in [5, 5.41) is 0. The lowest BCUT2D eigenvalue weighted by atomic mass is 10.0. The van der Waals surface area contributed by atoms with Crippen LogP contribution in [0.3, 0.4) is 0 Å². The first kappa shape index (κ1) is 76.4. The molecule has 0 radical (unpaired) electrons. The van der Waals surface area contributed by atoms with E-state index in [1.807, 2.05) is 21.1 Å². The number of allylic oxidation sites excluding steroid dienone is 20. The Balaban J connectivity index is 4.19. The lowest BCUT2D eigenvalue weighted by molar-refractivity contribution is -0.870. The van der Waals surface area contributed by atoms with Gasteiger partial charge in [-0.05, 0) is 109 Å². The van der Waals surface area contributed by atoms with Crippen LogP contribution in [0.25, 0.3) is 0 Å². The quantitative estimate of drug-likeness (QED) is 0.0211. The minimum atomic E-state index is -4.40. The topological polar surface area (TPSA) is 108 Å². The van der Waals surface area contributed by atoms with E-state index in [4.69, 9.17) is 18.5 Å². The SMILES string of the molecule is CC/C=C\C/C=C\C/C=C\C/C=C\C/C=C\C/C=C\C/C=C\C/C=C\CCCCCCCCC(=O)OC(COC(=O)CCCCCCCCCCCCCCC/C=C\C/C=C\CCCCCCC)COP(=O)(O)OCC[N+](C)(C)C. The van der Waals surface area contributed by atoms with E-state index in [1.165, 1.54) is 109 Å². The third kappa shape index (κ3) is 63.6. The van der Waals surface area contributed by atoms with Gasteiger partial charge in [0.2, 0.25) is 0 Å². The average Bonchev–Trinajstić information content (AvgIpc) is 3.42. The molecule has 0 aliphatic carbocycles. The molecule has 0 aromatic heterocycles. The number of phosphoric acid groups is 1. The van der Waals surface area contributed by atoms with E-state index >= 15 is 0 Å². The van der Waals surface area contributed by atoms with Crippen molar-refractivity contribution in [2.45, 2.75) is 264 Å². The number of quaternary nitrogens is 1. The predicted octanol–water partition coefficient (Wildman–Crippen LogP) is 20.7. The first-order valence-electron chi connectivity index (χ1n) is 32.3. The summed E-state index contributed by atoms with van der Waals surface area (Å²) in [6.45, 7) is 4.29. The zero-order valence-corrected chi connectivity index (χ0v) is 52.9. The Morgan fingerprint density at radius 3 is 1.06 bits per heavy atom. The number of esters is 2. The average molecular weight is 1140 g/mol. The van der Waals surface area contributed by atoms with Gasteiger partial charge in [-0.1, -0.05) is 257 Å². The normalized spacial score (nSPS) is 14.0. The van der Waals surface area contributed by atoms with Crippen LogP contribution in [0.4, 0.5) is 0 Å². The molecule has 0 saturated heterocycles. The van der Waals surface area contributed by atoms with Crippen LogP contribution in [0.15, 0.2) is 122 Å². The van der Waals surface area contributed by atoms with Gasteiger partial charge in [0.1, 0.15) is 19.8 Å². The number of carbonyl (C=O) groups excluding carboxylic acids is 2. The molecule has 0 fully saturated rings. The molecule has 2 unspecified atom stereocenters. The maximum atomic E-state index is 12.9. The van der Waals surface area contributed by atoms with Crippen LogP contribution in [0.5, 0.6) is 0 Å². The molecule has 0 rings (SSSR count). The van der Waals surface area contributed by atoms with Crippen LogP contribution >= 0.6 is 7.82 Å². The molecule has 0 saturated carbocycles. The standard InChI is InChI=1S/C70H120NO8P/c1-6-8-10-12-14-16-18-20-22-24-26-28-30-32-33-34-35-36-37-39-41-43-45-47-49-51-53-55-57-59-61-63-70(73)79-68(67-78-80(74,75)77-65-64-71(3,4)5)66-76-69(72)62-60-58-56-54-52-50-48-46-44-42-40-38-31-29-27-25-23-21-19-17-15-13-11-9-7-2/h8,10,14,16,19-22,25-28,32-33,35-36,39,41,45,47,68H,6-7,9,11-13,15,17-18,23-24,29-31,34,37-38,40,42-44,46,48-67H2,1-5H3/p+1/b10-8-,16-14-,21-19-,22-20-,27-25-,28-26-,33-32-,36-35-,41-39-,47-45-. The summed E-state index contributed by atoms with van der Waals surface area (Å²) in [5.74, 6) is -0.818. The van der Waals surface area contributed by atoms with E-state index in [-0.39, 0.29) is 32.0 Å². The van der Waals surface area contributed by atoms with Crippen LogP contribution in [-0.2, 0) is 32.7 Å². The van der Waals surface area contributed by atoms with E-state index in [1.54, 1.807) is 0 Å². The summed E-state index contributed by atoms with van der Waals surface area (Å²) >= 11 is 0. The largest absolute Gasteiger partial charge is 0.472 e. The van der Waals surface area contributed by atoms with Gasteiger partial charge in [0.15, 0.2) is 6.10 Å². The van der Waals surface area contributed by atoms with Crippen LogP contribution in [0.1, 0.15) is 258 Å². The van der Waals surface area contributed by atoms with Gasteiger partial charge in [0, 0.05) is 12.8 Å². The molecule has 0 bridgehead atoms. The maximum Gasteiger partial charge on any atom is 0.472 e. The predicted molar refractivity (Wildman–Crippen MR) is 344 cm³/mol. The van der Waals surface area contributed by atoms with Crippen molar-refractivity contribution in [2.24, 2.45) is 0 Å². The van der Waals surface area contributed by atoms with Crippen molar-refractivity contribution >= 4 is 19.8 Å². The molecule has 9 nitrogen and oxygen atoms in total. The Labute approximate surface area is 492 Å². The highest BCUT2D eigenvalue weighted by atomic mass is 31.2. The lowest BCUT2D eigenvalue weighted by Crippen LogP contribution is -2.37. The van der Waals surface area contributed by atoms with Gasteiger partial charge in [0.05, 0.1) is 27.7 Å². The Morgan fingerprint density at radius 2 is 0.713 bits per heavy atom. The second-order valence-electron chi connectivity index (χ2n) is 22.4. The van der Waals surface area contributed by atoms with Gasteiger partial charge in [0.25, 0.3) is 0 Å². The second kappa shape index (κ2) is 60.0. The number of likely N-dealkylation sites (N-methyl/N-ethyl adjacent to an activating group) is 1.